The standard InChI is InChI=1S/C22H31NO/c1-3-5-7-9-17-24-21-14-12-20(13-15-21)22-16-11-19(18-23-22)10-8-6-4-2/h11-16,18H,3-10,17H2,1-2H3. The molecule has 2 rings (SSSR count). The van der Waals surface area contributed by atoms with Crippen molar-refractivity contribution in [2.75, 3.05) is 6.61 Å². The molecule has 0 aliphatic heterocycles. The van der Waals surface area contributed by atoms with Crippen LogP contribution in [0.2, 0.25) is 0 Å². The van der Waals surface area contributed by atoms with E-state index in [1.54, 1.807) is 0 Å². The summed E-state index contributed by atoms with van der Waals surface area (Å²) < 4.78 is 5.80. The Morgan fingerprint density at radius 1 is 0.792 bits per heavy atom. The van der Waals surface area contributed by atoms with Crippen LogP contribution in [0.4, 0.5) is 0 Å². The van der Waals surface area contributed by atoms with Crippen LogP contribution in [0.25, 0.3) is 11.3 Å². The smallest absolute Gasteiger partial charge is 0.119 e. The summed E-state index contributed by atoms with van der Waals surface area (Å²) in [5, 5.41) is 0. The molecule has 0 amide bonds. The largest absolute Gasteiger partial charge is 0.494 e. The fourth-order valence-corrected chi connectivity index (χ4v) is 2.76. The second-order valence-electron chi connectivity index (χ2n) is 6.44. The van der Waals surface area contributed by atoms with Crippen LogP contribution in [0.15, 0.2) is 42.6 Å². The number of nitrogens with zero attached hydrogens (tertiary/aromatic N) is 1. The van der Waals surface area contributed by atoms with Crippen molar-refractivity contribution in [1.82, 2.24) is 4.98 Å². The van der Waals surface area contributed by atoms with Crippen LogP contribution in [-0.2, 0) is 6.42 Å². The molecule has 2 nitrogen and oxygen atoms in total. The predicted molar refractivity (Wildman–Crippen MR) is 103 cm³/mol. The number of aryl methyl sites for hydroxylation is 1. The van der Waals surface area contributed by atoms with E-state index in [9.17, 15) is 0 Å². The SMILES string of the molecule is CCCCCCOc1ccc(-c2ccc(CCCCC)cn2)cc1. The van der Waals surface area contributed by atoms with Crippen LogP contribution in [-0.4, -0.2) is 11.6 Å². The first-order valence-corrected chi connectivity index (χ1v) is 9.51. The zero-order chi connectivity index (χ0) is 17.0. The minimum atomic E-state index is 0.810. The van der Waals surface area contributed by atoms with Gasteiger partial charge in [-0.15, -0.1) is 0 Å². The van der Waals surface area contributed by atoms with Gasteiger partial charge in [0, 0.05) is 11.8 Å². The monoisotopic (exact) mass is 325 g/mol. The molecule has 0 spiro atoms. The van der Waals surface area contributed by atoms with Crippen molar-refractivity contribution in [2.24, 2.45) is 0 Å². The molecule has 130 valence electrons. The third-order valence-corrected chi connectivity index (χ3v) is 4.31. The Bertz CT molecular complexity index is 560. The van der Waals surface area contributed by atoms with E-state index < -0.39 is 0 Å². The summed E-state index contributed by atoms with van der Waals surface area (Å²) in [6.07, 6.45) is 11.9. The van der Waals surface area contributed by atoms with E-state index in [0.717, 1.165) is 36.5 Å². The summed E-state index contributed by atoms with van der Waals surface area (Å²) in [5.74, 6) is 0.950. The average Bonchev–Trinajstić information content (AvgIpc) is 2.63. The first kappa shape index (κ1) is 18.5. The first-order valence-electron chi connectivity index (χ1n) is 9.51. The summed E-state index contributed by atoms with van der Waals surface area (Å²) in [4.78, 5) is 4.61. The minimum absolute atomic E-state index is 0.810. The van der Waals surface area contributed by atoms with Crippen LogP contribution in [0.5, 0.6) is 5.75 Å². The van der Waals surface area contributed by atoms with Crippen LogP contribution < -0.4 is 4.74 Å². The Labute approximate surface area is 147 Å². The van der Waals surface area contributed by atoms with Crippen LogP contribution in [0.3, 0.4) is 0 Å². The van der Waals surface area contributed by atoms with Gasteiger partial charge in [0.2, 0.25) is 0 Å². The molecule has 1 heterocycles. The fraction of sp³-hybridized carbons (Fsp3) is 0.500. The summed E-state index contributed by atoms with van der Waals surface area (Å²) in [6, 6.07) is 12.6. The van der Waals surface area contributed by atoms with Gasteiger partial charge in [0.1, 0.15) is 5.75 Å². The van der Waals surface area contributed by atoms with E-state index in [0.29, 0.717) is 0 Å². The molecule has 0 unspecified atom stereocenters. The Morgan fingerprint density at radius 3 is 2.21 bits per heavy atom. The lowest BCUT2D eigenvalue weighted by molar-refractivity contribution is 0.305. The maximum atomic E-state index is 5.80. The number of pyridine rings is 1. The Hall–Kier alpha value is -1.83. The molecule has 2 heteroatoms. The minimum Gasteiger partial charge on any atom is -0.494 e. The van der Waals surface area contributed by atoms with Gasteiger partial charge in [-0.1, -0.05) is 52.0 Å². The maximum absolute atomic E-state index is 5.80. The number of ether oxygens (including phenoxy) is 1. The third-order valence-electron chi connectivity index (χ3n) is 4.31. The van der Waals surface area contributed by atoms with E-state index in [-0.39, 0.29) is 0 Å². The summed E-state index contributed by atoms with van der Waals surface area (Å²) in [6.45, 7) is 5.27. The summed E-state index contributed by atoms with van der Waals surface area (Å²) in [5.41, 5.74) is 3.51. The lowest BCUT2D eigenvalue weighted by atomic mass is 10.1. The van der Waals surface area contributed by atoms with Gasteiger partial charge in [-0.3, -0.25) is 4.98 Å². The first-order chi connectivity index (χ1) is 11.8. The van der Waals surface area contributed by atoms with E-state index in [4.69, 9.17) is 4.74 Å². The second-order valence-corrected chi connectivity index (χ2v) is 6.44. The topological polar surface area (TPSA) is 22.1 Å². The molecule has 24 heavy (non-hydrogen) atoms. The van der Waals surface area contributed by atoms with Crippen molar-refractivity contribution in [1.29, 1.82) is 0 Å². The van der Waals surface area contributed by atoms with Gasteiger partial charge in [-0.25, -0.2) is 0 Å². The van der Waals surface area contributed by atoms with Crippen molar-refractivity contribution in [3.05, 3.63) is 48.2 Å². The van der Waals surface area contributed by atoms with Gasteiger partial charge in [-0.05, 0) is 55.2 Å². The highest BCUT2D eigenvalue weighted by Crippen LogP contribution is 2.21. The van der Waals surface area contributed by atoms with Crippen LogP contribution in [0, 0.1) is 0 Å². The summed E-state index contributed by atoms with van der Waals surface area (Å²) in [7, 11) is 0. The zero-order valence-corrected chi connectivity index (χ0v) is 15.3. The van der Waals surface area contributed by atoms with Crippen molar-refractivity contribution < 1.29 is 4.74 Å². The predicted octanol–water partition coefficient (Wildman–Crippen LogP) is 6.44. The highest BCUT2D eigenvalue weighted by Gasteiger charge is 2.01. The number of hydrogen-bond donors (Lipinski definition) is 0. The molecule has 1 aromatic heterocycles. The molecule has 0 radical (unpaired) electrons. The van der Waals surface area contributed by atoms with Gasteiger partial charge < -0.3 is 4.74 Å². The number of benzene rings is 1. The van der Waals surface area contributed by atoms with Crippen molar-refractivity contribution in [2.45, 2.75) is 65.2 Å². The number of aromatic nitrogens is 1. The second kappa shape index (κ2) is 10.9. The number of rotatable bonds is 11. The normalized spacial score (nSPS) is 10.8. The van der Waals surface area contributed by atoms with E-state index in [1.165, 1.54) is 44.1 Å². The van der Waals surface area contributed by atoms with E-state index in [1.807, 2.05) is 18.3 Å². The molecule has 0 fully saturated rings. The Balaban J connectivity index is 1.83. The van der Waals surface area contributed by atoms with Crippen molar-refractivity contribution in [3.63, 3.8) is 0 Å². The molecular formula is C22H31NO. The molecule has 0 bridgehead atoms. The van der Waals surface area contributed by atoms with Crippen molar-refractivity contribution in [3.8, 4) is 17.0 Å². The Morgan fingerprint density at radius 2 is 1.54 bits per heavy atom. The lowest BCUT2D eigenvalue weighted by Gasteiger charge is -2.07. The van der Waals surface area contributed by atoms with Crippen LogP contribution >= 0.6 is 0 Å². The molecule has 0 aliphatic rings. The van der Waals surface area contributed by atoms with E-state index in [2.05, 4.69) is 43.1 Å². The highest BCUT2D eigenvalue weighted by atomic mass is 16.5. The van der Waals surface area contributed by atoms with Gasteiger partial charge in [-0.2, -0.15) is 0 Å². The molecular weight excluding hydrogens is 294 g/mol. The molecule has 0 atom stereocenters. The molecule has 0 saturated heterocycles. The molecule has 2 aromatic rings. The third kappa shape index (κ3) is 6.35. The van der Waals surface area contributed by atoms with Gasteiger partial charge in [0.05, 0.1) is 12.3 Å². The van der Waals surface area contributed by atoms with Gasteiger partial charge in [0.15, 0.2) is 0 Å². The average molecular weight is 325 g/mol. The highest BCUT2D eigenvalue weighted by molar-refractivity contribution is 5.60. The number of hydrogen-bond acceptors (Lipinski definition) is 2. The Kier molecular flexibility index (Phi) is 8.37. The van der Waals surface area contributed by atoms with Gasteiger partial charge in [0.25, 0.3) is 0 Å². The zero-order valence-electron chi connectivity index (χ0n) is 15.3. The quantitative estimate of drug-likeness (QED) is 0.443. The molecule has 0 N–H and O–H groups in total. The molecule has 0 saturated carbocycles. The fourth-order valence-electron chi connectivity index (χ4n) is 2.76. The molecule has 1 aromatic carbocycles. The van der Waals surface area contributed by atoms with Gasteiger partial charge >= 0.3 is 0 Å². The van der Waals surface area contributed by atoms with Crippen molar-refractivity contribution >= 4 is 0 Å². The maximum Gasteiger partial charge on any atom is 0.119 e. The van der Waals surface area contributed by atoms with E-state index >= 15 is 0 Å². The van der Waals surface area contributed by atoms with Crippen LogP contribution in [0.1, 0.15) is 64.4 Å². The number of unbranched alkanes of at least 4 members (excludes halogenated alkanes) is 5. The summed E-state index contributed by atoms with van der Waals surface area (Å²) >= 11 is 0. The molecule has 0 aliphatic carbocycles. The lowest BCUT2D eigenvalue weighted by Crippen LogP contribution is -1.97.